The number of fused-ring (bicyclic) bond motifs is 1. The second kappa shape index (κ2) is 8.22. The van der Waals surface area contributed by atoms with Crippen molar-refractivity contribution in [1.29, 1.82) is 0 Å². The number of hydrogen-bond donors (Lipinski definition) is 0. The first-order chi connectivity index (χ1) is 15.1. The number of aryl methyl sites for hydroxylation is 2. The van der Waals surface area contributed by atoms with Crippen LogP contribution in [0.4, 0.5) is 8.78 Å². The van der Waals surface area contributed by atoms with Gasteiger partial charge in [0.2, 0.25) is 15.9 Å². The largest absolute Gasteiger partial charge is 0.376 e. The van der Waals surface area contributed by atoms with E-state index in [-0.39, 0.29) is 24.2 Å². The molecule has 2 atom stereocenters. The van der Waals surface area contributed by atoms with Crippen LogP contribution in [-0.4, -0.2) is 41.3 Å². The maximum absolute atomic E-state index is 14.2. The highest BCUT2D eigenvalue weighted by molar-refractivity contribution is 7.90. The Morgan fingerprint density at radius 2 is 2.12 bits per heavy atom. The van der Waals surface area contributed by atoms with Crippen LogP contribution in [0.25, 0.3) is 22.2 Å². The summed E-state index contributed by atoms with van der Waals surface area (Å²) in [7, 11) is -2.19. The Bertz CT molecular complexity index is 1230. The quantitative estimate of drug-likeness (QED) is 0.506. The van der Waals surface area contributed by atoms with Crippen molar-refractivity contribution >= 4 is 21.1 Å². The third-order valence-electron chi connectivity index (χ3n) is 6.30. The Morgan fingerprint density at radius 3 is 2.72 bits per heavy atom. The fourth-order valence-electron chi connectivity index (χ4n) is 4.75. The number of aromatic nitrogens is 3. The fourth-order valence-corrected chi connectivity index (χ4v) is 5.72. The highest BCUT2D eigenvalue weighted by Crippen LogP contribution is 2.45. The number of halogens is 2. The topological polar surface area (TPSA) is 87.2 Å². The Balaban J connectivity index is 1.92. The zero-order valence-electron chi connectivity index (χ0n) is 18.6. The van der Waals surface area contributed by atoms with Gasteiger partial charge in [-0.05, 0) is 45.6 Å². The molecular formula is C22H27F2N3O4S. The number of nitrogens with zero attached hydrogens (tertiary/aromatic N) is 3. The predicted molar refractivity (Wildman–Crippen MR) is 116 cm³/mol. The van der Waals surface area contributed by atoms with Crippen molar-refractivity contribution in [2.75, 3.05) is 12.9 Å². The van der Waals surface area contributed by atoms with Crippen LogP contribution in [0.15, 0.2) is 23.0 Å². The molecule has 1 aliphatic carbocycles. The monoisotopic (exact) mass is 467 g/mol. The third kappa shape index (κ3) is 3.94. The average Bonchev–Trinajstić information content (AvgIpc) is 3.28. The first kappa shape index (κ1) is 22.8. The highest BCUT2D eigenvalue weighted by atomic mass is 32.2. The number of hydrogen-bond acceptors (Lipinski definition) is 6. The van der Waals surface area contributed by atoms with Crippen molar-refractivity contribution in [3.63, 3.8) is 0 Å². The lowest BCUT2D eigenvalue weighted by atomic mass is 9.80. The van der Waals surface area contributed by atoms with Crippen molar-refractivity contribution in [3.8, 4) is 11.1 Å². The van der Waals surface area contributed by atoms with Crippen LogP contribution in [0.2, 0.25) is 0 Å². The van der Waals surface area contributed by atoms with Crippen LogP contribution in [0, 0.1) is 19.8 Å². The molecule has 0 bridgehead atoms. The molecule has 3 heterocycles. The van der Waals surface area contributed by atoms with E-state index in [1.807, 2.05) is 13.0 Å². The molecule has 174 valence electrons. The average molecular weight is 468 g/mol. The van der Waals surface area contributed by atoms with Crippen molar-refractivity contribution in [3.05, 3.63) is 35.5 Å². The second-order valence-corrected chi connectivity index (χ2v) is 10.6. The van der Waals surface area contributed by atoms with Crippen LogP contribution >= 0.6 is 0 Å². The summed E-state index contributed by atoms with van der Waals surface area (Å²) < 4.78 is 66.0. The van der Waals surface area contributed by atoms with Gasteiger partial charge < -0.3 is 9.26 Å². The molecule has 3 aromatic rings. The van der Waals surface area contributed by atoms with E-state index in [9.17, 15) is 17.2 Å². The van der Waals surface area contributed by atoms with Gasteiger partial charge in [-0.2, -0.15) is 0 Å². The van der Waals surface area contributed by atoms with Crippen molar-refractivity contribution in [1.82, 2.24) is 14.1 Å². The first-order valence-corrected chi connectivity index (χ1v) is 12.3. The van der Waals surface area contributed by atoms with Gasteiger partial charge in [0.1, 0.15) is 5.76 Å². The lowest BCUT2D eigenvalue weighted by Gasteiger charge is -2.33. The van der Waals surface area contributed by atoms with E-state index in [1.165, 1.54) is 13.3 Å². The van der Waals surface area contributed by atoms with Gasteiger partial charge in [-0.3, -0.25) is 0 Å². The number of alkyl halides is 2. The normalized spacial score (nSPS) is 20.0. The molecule has 1 saturated carbocycles. The Kier molecular flexibility index (Phi) is 5.87. The molecule has 0 spiro atoms. The van der Waals surface area contributed by atoms with E-state index in [0.717, 1.165) is 9.54 Å². The van der Waals surface area contributed by atoms with Gasteiger partial charge in [0.15, 0.2) is 5.65 Å². The minimum absolute atomic E-state index is 0.122. The van der Waals surface area contributed by atoms with Crippen molar-refractivity contribution in [2.45, 2.75) is 58.5 Å². The Labute approximate surface area is 185 Å². The van der Waals surface area contributed by atoms with Gasteiger partial charge in [0.05, 0.1) is 17.6 Å². The second-order valence-electron chi connectivity index (χ2n) is 8.44. The molecule has 1 aliphatic rings. The molecule has 0 saturated heterocycles. The van der Waals surface area contributed by atoms with Gasteiger partial charge in [-0.25, -0.2) is 26.2 Å². The Hall–Kier alpha value is -2.33. The summed E-state index contributed by atoms with van der Waals surface area (Å²) in [5, 5.41) is 4.54. The summed E-state index contributed by atoms with van der Waals surface area (Å²) >= 11 is 0. The van der Waals surface area contributed by atoms with Gasteiger partial charge in [-0.15, -0.1) is 0 Å². The lowest BCUT2D eigenvalue weighted by Crippen LogP contribution is -2.30. The van der Waals surface area contributed by atoms with Gasteiger partial charge in [0.25, 0.3) is 0 Å². The molecule has 0 aliphatic heterocycles. The summed E-state index contributed by atoms with van der Waals surface area (Å²) in [6.45, 7) is 5.15. The number of methoxy groups -OCH3 is 1. The number of rotatable bonds is 6. The fraction of sp³-hybridized carbons (Fsp3) is 0.545. The predicted octanol–water partition coefficient (Wildman–Crippen LogP) is 5.02. The zero-order chi connectivity index (χ0) is 23.3. The first-order valence-electron chi connectivity index (χ1n) is 10.7. The van der Waals surface area contributed by atoms with Crippen LogP contribution < -0.4 is 0 Å². The summed E-state index contributed by atoms with van der Waals surface area (Å²) in [6.07, 6.45) is 2.92. The van der Waals surface area contributed by atoms with Gasteiger partial charge in [0, 0.05) is 54.4 Å². The van der Waals surface area contributed by atoms with Crippen LogP contribution in [0.1, 0.15) is 55.7 Å². The molecule has 2 unspecified atom stereocenters. The maximum atomic E-state index is 14.2. The van der Waals surface area contributed by atoms with Crippen molar-refractivity contribution < 1.29 is 26.5 Å². The smallest absolute Gasteiger partial charge is 0.248 e. The molecule has 7 nitrogen and oxygen atoms in total. The zero-order valence-corrected chi connectivity index (χ0v) is 19.4. The third-order valence-corrected chi connectivity index (χ3v) is 7.90. The maximum Gasteiger partial charge on any atom is 0.248 e. The minimum atomic E-state index is -3.66. The molecular weight excluding hydrogens is 440 g/mol. The standard InChI is InChI=1S/C22H27F2N3O4S/c1-5-32(28,29)27-12-18(20(30-4)15-7-6-8-22(23,24)10-15)17-9-16(11-25-21(17)27)19-13(2)26-31-14(19)3/h9,11-12,15,20H,5-8,10H2,1-4H3. The van der Waals surface area contributed by atoms with Crippen LogP contribution in [0.5, 0.6) is 0 Å². The molecule has 32 heavy (non-hydrogen) atoms. The molecule has 10 heteroatoms. The minimum Gasteiger partial charge on any atom is -0.376 e. The van der Waals surface area contributed by atoms with E-state index in [1.54, 1.807) is 20.0 Å². The number of pyridine rings is 1. The van der Waals surface area contributed by atoms with Crippen LogP contribution in [-0.2, 0) is 14.8 Å². The molecule has 3 aromatic heterocycles. The summed E-state index contributed by atoms with van der Waals surface area (Å²) in [5.41, 5.74) is 2.96. The molecule has 1 fully saturated rings. The molecule has 4 rings (SSSR count). The summed E-state index contributed by atoms with van der Waals surface area (Å²) in [6, 6.07) is 1.82. The SMILES string of the molecule is CCS(=O)(=O)n1cc(C(OC)C2CCCC(F)(F)C2)c2cc(-c3c(C)noc3C)cnc21. The van der Waals surface area contributed by atoms with Crippen molar-refractivity contribution in [2.24, 2.45) is 5.92 Å². The van der Waals surface area contributed by atoms with E-state index in [4.69, 9.17) is 9.26 Å². The van der Waals surface area contributed by atoms with Gasteiger partial charge in [-0.1, -0.05) is 5.16 Å². The summed E-state index contributed by atoms with van der Waals surface area (Å²) in [5.74, 6) is -2.70. The molecule has 0 radical (unpaired) electrons. The van der Waals surface area contributed by atoms with E-state index >= 15 is 0 Å². The lowest BCUT2D eigenvalue weighted by molar-refractivity contribution is -0.0829. The number of ether oxygens (including phenoxy) is 1. The molecule has 0 N–H and O–H groups in total. The summed E-state index contributed by atoms with van der Waals surface area (Å²) in [4.78, 5) is 4.46. The molecule has 0 amide bonds. The van der Waals surface area contributed by atoms with Crippen LogP contribution in [0.3, 0.4) is 0 Å². The van der Waals surface area contributed by atoms with Gasteiger partial charge >= 0.3 is 0 Å². The van der Waals surface area contributed by atoms with E-state index in [0.29, 0.717) is 40.8 Å². The Morgan fingerprint density at radius 1 is 1.38 bits per heavy atom. The van der Waals surface area contributed by atoms with E-state index in [2.05, 4.69) is 10.1 Å². The van der Waals surface area contributed by atoms with E-state index < -0.39 is 28.0 Å². The highest BCUT2D eigenvalue weighted by Gasteiger charge is 2.41. The molecule has 0 aromatic carbocycles.